The molecule has 0 atom stereocenters. The van der Waals surface area contributed by atoms with Gasteiger partial charge in [0.05, 0.1) is 19.7 Å². The number of aryl methyl sites for hydroxylation is 1. The van der Waals surface area contributed by atoms with Gasteiger partial charge in [0.25, 0.3) is 0 Å². The maximum atomic E-state index is 11.5. The lowest BCUT2D eigenvalue weighted by molar-refractivity contribution is -0.144. The largest absolute Gasteiger partial charge is 0.465 e. The number of nitrogens with zero attached hydrogens (tertiary/aromatic N) is 3. The molecular formula is C12H21N3O2. The van der Waals surface area contributed by atoms with Gasteiger partial charge >= 0.3 is 5.97 Å². The molecule has 1 rings (SSSR count). The summed E-state index contributed by atoms with van der Waals surface area (Å²) in [5.41, 5.74) is 0. The van der Waals surface area contributed by atoms with E-state index in [2.05, 4.69) is 16.8 Å². The molecule has 0 saturated heterocycles. The molecule has 0 radical (unpaired) electrons. The van der Waals surface area contributed by atoms with Gasteiger partial charge in [-0.25, -0.2) is 4.98 Å². The second-order valence-corrected chi connectivity index (χ2v) is 3.97. The van der Waals surface area contributed by atoms with Crippen LogP contribution >= 0.6 is 0 Å². The van der Waals surface area contributed by atoms with E-state index >= 15 is 0 Å². The molecule has 0 unspecified atom stereocenters. The molecule has 5 heteroatoms. The van der Waals surface area contributed by atoms with Crippen LogP contribution in [0.15, 0.2) is 12.4 Å². The second kappa shape index (κ2) is 7.06. The molecule has 0 aliphatic rings. The van der Waals surface area contributed by atoms with E-state index in [1.807, 2.05) is 24.7 Å². The van der Waals surface area contributed by atoms with Crippen molar-refractivity contribution in [1.29, 1.82) is 0 Å². The van der Waals surface area contributed by atoms with Crippen LogP contribution < -0.4 is 0 Å². The van der Waals surface area contributed by atoms with Gasteiger partial charge in [-0.2, -0.15) is 0 Å². The minimum Gasteiger partial charge on any atom is -0.465 e. The fraction of sp³-hybridized carbons (Fsp3) is 0.667. The second-order valence-electron chi connectivity index (χ2n) is 3.97. The molecule has 0 aliphatic heterocycles. The monoisotopic (exact) mass is 239 g/mol. The van der Waals surface area contributed by atoms with Crippen LogP contribution in [-0.4, -0.2) is 40.1 Å². The SMILES string of the molecule is CCCN(CC(=O)OCC)Cc1nccn1C. The van der Waals surface area contributed by atoms with Crippen molar-refractivity contribution in [2.45, 2.75) is 26.8 Å². The molecular weight excluding hydrogens is 218 g/mol. The Balaban J connectivity index is 2.54. The fourth-order valence-corrected chi connectivity index (χ4v) is 1.67. The molecule has 0 saturated carbocycles. The number of hydrogen-bond donors (Lipinski definition) is 0. The first kappa shape index (κ1) is 13.7. The third-order valence-corrected chi connectivity index (χ3v) is 2.48. The van der Waals surface area contributed by atoms with Crippen molar-refractivity contribution in [3.63, 3.8) is 0 Å². The summed E-state index contributed by atoms with van der Waals surface area (Å²) in [6.07, 6.45) is 4.68. The summed E-state index contributed by atoms with van der Waals surface area (Å²) >= 11 is 0. The molecule has 1 aromatic rings. The Labute approximate surface area is 102 Å². The Hall–Kier alpha value is -1.36. The number of rotatable bonds is 7. The number of carbonyl (C=O) groups is 1. The van der Waals surface area contributed by atoms with Crippen molar-refractivity contribution in [1.82, 2.24) is 14.5 Å². The Bertz CT molecular complexity index is 349. The average molecular weight is 239 g/mol. The highest BCUT2D eigenvalue weighted by molar-refractivity contribution is 5.71. The van der Waals surface area contributed by atoms with E-state index in [-0.39, 0.29) is 5.97 Å². The molecule has 0 fully saturated rings. The Morgan fingerprint density at radius 3 is 2.82 bits per heavy atom. The lowest BCUT2D eigenvalue weighted by atomic mass is 10.4. The zero-order valence-electron chi connectivity index (χ0n) is 10.8. The minimum absolute atomic E-state index is 0.171. The third kappa shape index (κ3) is 4.56. The van der Waals surface area contributed by atoms with Gasteiger partial charge in [0, 0.05) is 19.4 Å². The Morgan fingerprint density at radius 2 is 2.29 bits per heavy atom. The lowest BCUT2D eigenvalue weighted by Crippen LogP contribution is -2.32. The smallest absolute Gasteiger partial charge is 0.320 e. The minimum atomic E-state index is -0.171. The van der Waals surface area contributed by atoms with E-state index in [4.69, 9.17) is 4.74 Å². The lowest BCUT2D eigenvalue weighted by Gasteiger charge is -2.20. The van der Waals surface area contributed by atoms with Gasteiger partial charge in [-0.15, -0.1) is 0 Å². The fourth-order valence-electron chi connectivity index (χ4n) is 1.67. The summed E-state index contributed by atoms with van der Waals surface area (Å²) in [5, 5.41) is 0. The molecule has 0 bridgehead atoms. The van der Waals surface area contributed by atoms with Crippen LogP contribution in [-0.2, 0) is 23.1 Å². The van der Waals surface area contributed by atoms with Crippen LogP contribution in [0.25, 0.3) is 0 Å². The number of aromatic nitrogens is 2. The van der Waals surface area contributed by atoms with Crippen molar-refractivity contribution in [3.8, 4) is 0 Å². The average Bonchev–Trinajstić information content (AvgIpc) is 2.65. The molecule has 0 spiro atoms. The van der Waals surface area contributed by atoms with Gasteiger partial charge in [-0.3, -0.25) is 9.69 Å². The van der Waals surface area contributed by atoms with E-state index in [0.717, 1.165) is 18.8 Å². The summed E-state index contributed by atoms with van der Waals surface area (Å²) in [6.45, 7) is 6.22. The molecule has 0 aliphatic carbocycles. The molecule has 0 amide bonds. The van der Waals surface area contributed by atoms with Gasteiger partial charge < -0.3 is 9.30 Å². The molecule has 17 heavy (non-hydrogen) atoms. The highest BCUT2D eigenvalue weighted by Crippen LogP contribution is 2.02. The van der Waals surface area contributed by atoms with E-state index in [0.29, 0.717) is 19.7 Å². The molecule has 1 heterocycles. The van der Waals surface area contributed by atoms with Crippen molar-refractivity contribution >= 4 is 5.97 Å². The van der Waals surface area contributed by atoms with Crippen LogP contribution in [0.5, 0.6) is 0 Å². The first-order valence-electron chi connectivity index (χ1n) is 6.01. The quantitative estimate of drug-likeness (QED) is 0.671. The molecule has 1 aromatic heterocycles. The van der Waals surface area contributed by atoms with Crippen LogP contribution in [0.1, 0.15) is 26.1 Å². The van der Waals surface area contributed by atoms with Gasteiger partial charge in [-0.1, -0.05) is 6.92 Å². The first-order valence-corrected chi connectivity index (χ1v) is 6.01. The molecule has 0 aromatic carbocycles. The molecule has 0 N–H and O–H groups in total. The van der Waals surface area contributed by atoms with E-state index in [1.165, 1.54) is 0 Å². The zero-order valence-corrected chi connectivity index (χ0v) is 10.8. The van der Waals surface area contributed by atoms with Crippen molar-refractivity contribution in [2.24, 2.45) is 7.05 Å². The Morgan fingerprint density at radius 1 is 1.53 bits per heavy atom. The van der Waals surface area contributed by atoms with Gasteiger partial charge in [-0.05, 0) is 19.9 Å². The number of carbonyl (C=O) groups excluding carboxylic acids is 1. The van der Waals surface area contributed by atoms with E-state index < -0.39 is 0 Å². The maximum Gasteiger partial charge on any atom is 0.320 e. The predicted octanol–water partition coefficient (Wildman–Crippen LogP) is 1.20. The van der Waals surface area contributed by atoms with Gasteiger partial charge in [0.15, 0.2) is 0 Å². The predicted molar refractivity (Wildman–Crippen MR) is 65.4 cm³/mol. The first-order chi connectivity index (χ1) is 8.17. The summed E-state index contributed by atoms with van der Waals surface area (Å²) in [7, 11) is 1.96. The number of ether oxygens (including phenoxy) is 1. The summed E-state index contributed by atoms with van der Waals surface area (Å²) in [5.74, 6) is 0.790. The Kier molecular flexibility index (Phi) is 5.69. The summed E-state index contributed by atoms with van der Waals surface area (Å²) in [6, 6.07) is 0. The van der Waals surface area contributed by atoms with E-state index in [9.17, 15) is 4.79 Å². The van der Waals surface area contributed by atoms with Crippen LogP contribution in [0.4, 0.5) is 0 Å². The summed E-state index contributed by atoms with van der Waals surface area (Å²) < 4.78 is 6.93. The zero-order chi connectivity index (χ0) is 12.7. The van der Waals surface area contributed by atoms with Crippen LogP contribution in [0.2, 0.25) is 0 Å². The molecule has 96 valence electrons. The van der Waals surface area contributed by atoms with Gasteiger partial charge in [0.2, 0.25) is 0 Å². The third-order valence-electron chi connectivity index (χ3n) is 2.48. The van der Waals surface area contributed by atoms with Crippen molar-refractivity contribution in [3.05, 3.63) is 18.2 Å². The maximum absolute atomic E-state index is 11.5. The van der Waals surface area contributed by atoms with Crippen molar-refractivity contribution < 1.29 is 9.53 Å². The van der Waals surface area contributed by atoms with Gasteiger partial charge in [0.1, 0.15) is 5.82 Å². The normalized spacial score (nSPS) is 10.8. The molecule has 5 nitrogen and oxygen atoms in total. The van der Waals surface area contributed by atoms with Crippen LogP contribution in [0.3, 0.4) is 0 Å². The summed E-state index contributed by atoms with van der Waals surface area (Å²) in [4.78, 5) is 17.8. The number of imidazole rings is 1. The van der Waals surface area contributed by atoms with E-state index in [1.54, 1.807) is 6.20 Å². The number of hydrogen-bond acceptors (Lipinski definition) is 4. The van der Waals surface area contributed by atoms with Crippen LogP contribution in [0, 0.1) is 0 Å². The number of esters is 1. The standard InChI is InChI=1S/C12H21N3O2/c1-4-7-15(10-12(16)17-5-2)9-11-13-6-8-14(11)3/h6,8H,4-5,7,9-10H2,1-3H3. The van der Waals surface area contributed by atoms with Crippen molar-refractivity contribution in [2.75, 3.05) is 19.7 Å². The highest BCUT2D eigenvalue weighted by Gasteiger charge is 2.13. The topological polar surface area (TPSA) is 47.4 Å². The highest BCUT2D eigenvalue weighted by atomic mass is 16.5.